The van der Waals surface area contributed by atoms with Gasteiger partial charge in [-0.2, -0.15) is 5.26 Å². The van der Waals surface area contributed by atoms with Crippen molar-refractivity contribution in [2.45, 2.75) is 24.7 Å². The van der Waals surface area contributed by atoms with Crippen molar-refractivity contribution in [3.05, 3.63) is 70.7 Å². The third-order valence-electron chi connectivity index (χ3n) is 4.27. The molecule has 0 spiro atoms. The first-order valence-corrected chi connectivity index (χ1v) is 8.30. The Hall–Kier alpha value is -1.53. The van der Waals surface area contributed by atoms with Crippen LogP contribution in [0.25, 0.3) is 0 Å². The molecule has 128 valence electrons. The predicted octanol–water partition coefficient (Wildman–Crippen LogP) is 5.11. The molecular weight excluding hydrogens is 339 g/mol. The fourth-order valence-corrected chi connectivity index (χ4v) is 3.15. The first kappa shape index (κ1) is 20.5. The molecule has 0 bridgehead atoms. The number of aryl methyl sites for hydroxylation is 1. The van der Waals surface area contributed by atoms with Crippen LogP contribution in [0.15, 0.2) is 54.6 Å². The largest absolute Gasteiger partial charge is 0.309 e. The van der Waals surface area contributed by atoms with Crippen molar-refractivity contribution in [3.8, 4) is 6.07 Å². The van der Waals surface area contributed by atoms with Gasteiger partial charge in [-0.1, -0.05) is 60.1 Å². The monoisotopic (exact) mass is 362 g/mol. The maximum atomic E-state index is 10.0. The molecule has 1 unspecified atom stereocenters. The highest BCUT2D eigenvalue weighted by Crippen LogP contribution is 2.37. The highest BCUT2D eigenvalue weighted by Gasteiger charge is 2.33. The first-order valence-electron chi connectivity index (χ1n) is 7.92. The van der Waals surface area contributed by atoms with Crippen LogP contribution in [0, 0.1) is 11.3 Å². The standard InChI is InChI=1S/C20H23ClN2.ClH/c1-23(2)15-14-20(16-22,18-10-6-7-11-19(18)21)13-12-17-8-4-3-5-9-17;/h3-11H,12-15H2,1-2H3;1H. The summed E-state index contributed by atoms with van der Waals surface area (Å²) in [5, 5.41) is 10.7. The summed E-state index contributed by atoms with van der Waals surface area (Å²) in [6, 6.07) is 20.7. The van der Waals surface area contributed by atoms with Gasteiger partial charge in [-0.15, -0.1) is 12.4 Å². The van der Waals surface area contributed by atoms with Gasteiger partial charge >= 0.3 is 0 Å². The second-order valence-electron chi connectivity index (χ2n) is 6.21. The quantitative estimate of drug-likeness (QED) is 0.684. The number of benzene rings is 2. The lowest BCUT2D eigenvalue weighted by atomic mass is 9.74. The normalized spacial score (nSPS) is 13.0. The van der Waals surface area contributed by atoms with Gasteiger partial charge in [0.15, 0.2) is 0 Å². The van der Waals surface area contributed by atoms with E-state index in [0.29, 0.717) is 5.02 Å². The Bertz CT molecular complexity index is 665. The minimum atomic E-state index is -0.557. The lowest BCUT2D eigenvalue weighted by Crippen LogP contribution is -2.30. The summed E-state index contributed by atoms with van der Waals surface area (Å²) in [5.74, 6) is 0. The minimum Gasteiger partial charge on any atom is -0.309 e. The molecule has 0 aliphatic rings. The van der Waals surface area contributed by atoms with Crippen LogP contribution in [0.5, 0.6) is 0 Å². The Labute approximate surface area is 156 Å². The minimum absolute atomic E-state index is 0. The fourth-order valence-electron chi connectivity index (χ4n) is 2.83. The van der Waals surface area contributed by atoms with Crippen LogP contribution in [0.3, 0.4) is 0 Å². The van der Waals surface area contributed by atoms with Crippen molar-refractivity contribution in [2.24, 2.45) is 0 Å². The Morgan fingerprint density at radius 2 is 1.62 bits per heavy atom. The van der Waals surface area contributed by atoms with Gasteiger partial charge in [0.25, 0.3) is 0 Å². The van der Waals surface area contributed by atoms with Crippen LogP contribution in [-0.2, 0) is 11.8 Å². The molecular formula is C20H24Cl2N2. The maximum absolute atomic E-state index is 10.0. The summed E-state index contributed by atoms with van der Waals surface area (Å²) in [5.41, 5.74) is 1.64. The highest BCUT2D eigenvalue weighted by atomic mass is 35.5. The third kappa shape index (κ3) is 5.24. The molecule has 24 heavy (non-hydrogen) atoms. The number of nitrogens with zero attached hydrogens (tertiary/aromatic N) is 2. The molecule has 0 amide bonds. The van der Waals surface area contributed by atoms with Gasteiger partial charge in [0, 0.05) is 5.02 Å². The number of rotatable bonds is 7. The molecule has 2 aromatic rings. The molecule has 2 rings (SSSR count). The van der Waals surface area contributed by atoms with E-state index in [1.807, 2.05) is 56.6 Å². The Balaban J connectivity index is 0.00000288. The van der Waals surface area contributed by atoms with Crippen molar-refractivity contribution in [1.29, 1.82) is 5.26 Å². The molecule has 0 saturated heterocycles. The van der Waals surface area contributed by atoms with E-state index in [0.717, 1.165) is 31.4 Å². The lowest BCUT2D eigenvalue weighted by Gasteiger charge is -2.29. The third-order valence-corrected chi connectivity index (χ3v) is 4.60. The second-order valence-corrected chi connectivity index (χ2v) is 6.62. The van der Waals surface area contributed by atoms with Gasteiger partial charge in [-0.3, -0.25) is 0 Å². The Kier molecular flexibility index (Phi) is 8.28. The van der Waals surface area contributed by atoms with E-state index in [-0.39, 0.29) is 12.4 Å². The average molecular weight is 363 g/mol. The fraction of sp³-hybridized carbons (Fsp3) is 0.350. The van der Waals surface area contributed by atoms with E-state index < -0.39 is 5.41 Å². The number of hydrogen-bond donors (Lipinski definition) is 0. The van der Waals surface area contributed by atoms with Crippen LogP contribution in [0.4, 0.5) is 0 Å². The smallest absolute Gasteiger partial charge is 0.0852 e. The van der Waals surface area contributed by atoms with Crippen molar-refractivity contribution in [1.82, 2.24) is 4.90 Å². The van der Waals surface area contributed by atoms with Crippen LogP contribution in [0.1, 0.15) is 24.0 Å². The van der Waals surface area contributed by atoms with E-state index >= 15 is 0 Å². The number of halogens is 2. The summed E-state index contributed by atoms with van der Waals surface area (Å²) in [4.78, 5) is 2.12. The Morgan fingerprint density at radius 1 is 1.00 bits per heavy atom. The topological polar surface area (TPSA) is 27.0 Å². The lowest BCUT2D eigenvalue weighted by molar-refractivity contribution is 0.342. The summed E-state index contributed by atoms with van der Waals surface area (Å²) >= 11 is 6.42. The van der Waals surface area contributed by atoms with Gasteiger partial charge in [-0.05, 0) is 57.1 Å². The molecule has 1 atom stereocenters. The zero-order valence-corrected chi connectivity index (χ0v) is 15.8. The molecule has 2 aromatic carbocycles. The predicted molar refractivity (Wildman–Crippen MR) is 104 cm³/mol. The SMILES string of the molecule is CN(C)CCC(C#N)(CCc1ccccc1)c1ccccc1Cl.Cl. The average Bonchev–Trinajstić information content (AvgIpc) is 2.57. The van der Waals surface area contributed by atoms with E-state index in [9.17, 15) is 5.26 Å². The van der Waals surface area contributed by atoms with Crippen LogP contribution in [-0.4, -0.2) is 25.5 Å². The zero-order chi connectivity index (χ0) is 16.7. The van der Waals surface area contributed by atoms with Crippen molar-refractivity contribution in [2.75, 3.05) is 20.6 Å². The van der Waals surface area contributed by atoms with Gasteiger partial charge in [-0.25, -0.2) is 0 Å². The molecule has 0 aromatic heterocycles. The molecule has 0 aliphatic heterocycles. The van der Waals surface area contributed by atoms with Crippen molar-refractivity contribution >= 4 is 24.0 Å². The van der Waals surface area contributed by atoms with Gasteiger partial charge in [0.2, 0.25) is 0 Å². The number of hydrogen-bond acceptors (Lipinski definition) is 2. The van der Waals surface area contributed by atoms with Crippen LogP contribution >= 0.6 is 24.0 Å². The highest BCUT2D eigenvalue weighted by molar-refractivity contribution is 6.31. The van der Waals surface area contributed by atoms with E-state index in [4.69, 9.17) is 11.6 Å². The summed E-state index contributed by atoms with van der Waals surface area (Å²) < 4.78 is 0. The molecule has 2 nitrogen and oxygen atoms in total. The molecule has 0 saturated carbocycles. The zero-order valence-electron chi connectivity index (χ0n) is 14.2. The molecule has 0 radical (unpaired) electrons. The summed E-state index contributed by atoms with van der Waals surface area (Å²) in [6.07, 6.45) is 2.41. The van der Waals surface area contributed by atoms with Gasteiger partial charge in [0.05, 0.1) is 11.5 Å². The molecule has 4 heteroatoms. The molecule has 0 aliphatic carbocycles. The Morgan fingerprint density at radius 3 is 2.21 bits per heavy atom. The van der Waals surface area contributed by atoms with E-state index in [1.165, 1.54) is 5.56 Å². The second kappa shape index (κ2) is 9.69. The summed E-state index contributed by atoms with van der Waals surface area (Å²) in [6.45, 7) is 0.855. The van der Waals surface area contributed by atoms with Gasteiger partial charge in [0.1, 0.15) is 0 Å². The van der Waals surface area contributed by atoms with Crippen LogP contribution in [0.2, 0.25) is 5.02 Å². The molecule has 0 fully saturated rings. The van der Waals surface area contributed by atoms with Crippen molar-refractivity contribution < 1.29 is 0 Å². The van der Waals surface area contributed by atoms with Crippen molar-refractivity contribution in [3.63, 3.8) is 0 Å². The van der Waals surface area contributed by atoms with Gasteiger partial charge < -0.3 is 4.90 Å². The molecule has 0 N–H and O–H groups in total. The van der Waals surface area contributed by atoms with E-state index in [2.05, 4.69) is 23.1 Å². The van der Waals surface area contributed by atoms with Crippen LogP contribution < -0.4 is 0 Å². The maximum Gasteiger partial charge on any atom is 0.0852 e. The first-order chi connectivity index (χ1) is 11.1. The summed E-state index contributed by atoms with van der Waals surface area (Å²) in [7, 11) is 4.07. The van der Waals surface area contributed by atoms with E-state index in [1.54, 1.807) is 0 Å². The number of nitriles is 1. The molecule has 0 heterocycles.